The molecule has 30 heavy (non-hydrogen) atoms. The van der Waals surface area contributed by atoms with Gasteiger partial charge in [0.2, 0.25) is 0 Å². The Balaban J connectivity index is 1.67. The first-order valence-electron chi connectivity index (χ1n) is 10.3. The second-order valence-electron chi connectivity index (χ2n) is 8.96. The molecule has 2 unspecified atom stereocenters. The van der Waals surface area contributed by atoms with Crippen LogP contribution in [0.2, 0.25) is 0 Å². The van der Waals surface area contributed by atoms with Crippen LogP contribution in [0.25, 0.3) is 11.0 Å². The summed E-state index contributed by atoms with van der Waals surface area (Å²) in [6.45, 7) is 4.20. The lowest BCUT2D eigenvalue weighted by Gasteiger charge is -2.34. The van der Waals surface area contributed by atoms with Gasteiger partial charge in [0.05, 0.1) is 34.4 Å². The number of aromatic nitrogens is 2. The van der Waals surface area contributed by atoms with E-state index in [-0.39, 0.29) is 12.5 Å². The van der Waals surface area contributed by atoms with Gasteiger partial charge in [-0.25, -0.2) is 9.78 Å². The van der Waals surface area contributed by atoms with E-state index in [0.29, 0.717) is 18.0 Å². The number of hydrogen-bond donors (Lipinski definition) is 2. The number of imidazole rings is 1. The predicted octanol–water partition coefficient (Wildman–Crippen LogP) is 3.81. The highest BCUT2D eigenvalue weighted by Crippen LogP contribution is 2.32. The monoisotopic (exact) mass is 412 g/mol. The molecule has 3 rings (SSSR count). The van der Waals surface area contributed by atoms with Crippen molar-refractivity contribution in [1.29, 1.82) is 5.26 Å². The van der Waals surface area contributed by atoms with Gasteiger partial charge >= 0.3 is 12.1 Å². The summed E-state index contributed by atoms with van der Waals surface area (Å²) in [7, 11) is 0. The van der Waals surface area contributed by atoms with E-state index in [1.54, 1.807) is 26.2 Å². The number of carbonyl (C=O) groups is 2. The summed E-state index contributed by atoms with van der Waals surface area (Å²) in [5, 5.41) is 28.1. The van der Waals surface area contributed by atoms with Gasteiger partial charge in [-0.15, -0.1) is 0 Å². The first kappa shape index (κ1) is 21.6. The lowest BCUT2D eigenvalue weighted by Crippen LogP contribution is -2.44. The highest BCUT2D eigenvalue weighted by atomic mass is 16.4. The zero-order valence-electron chi connectivity index (χ0n) is 17.4. The molecule has 1 aliphatic rings. The van der Waals surface area contributed by atoms with Crippen LogP contribution in [0.15, 0.2) is 24.5 Å². The molecule has 160 valence electrons. The Labute approximate surface area is 175 Å². The molecule has 0 radical (unpaired) electrons. The fraction of sp³-hybridized carbons (Fsp3) is 0.545. The van der Waals surface area contributed by atoms with Crippen LogP contribution in [0.4, 0.5) is 4.79 Å². The average Bonchev–Trinajstić information content (AvgIpc) is 3.09. The summed E-state index contributed by atoms with van der Waals surface area (Å²) in [4.78, 5) is 28.8. The van der Waals surface area contributed by atoms with Crippen molar-refractivity contribution in [2.45, 2.75) is 46.1 Å². The number of carboxylic acid groups (broad SMARTS) is 2. The molecule has 1 heterocycles. The van der Waals surface area contributed by atoms with Gasteiger partial charge in [0, 0.05) is 19.6 Å². The van der Waals surface area contributed by atoms with Crippen molar-refractivity contribution in [3.63, 3.8) is 0 Å². The number of benzene rings is 1. The van der Waals surface area contributed by atoms with Crippen molar-refractivity contribution in [3.05, 3.63) is 30.1 Å². The van der Waals surface area contributed by atoms with Gasteiger partial charge in [0.25, 0.3) is 0 Å². The molecule has 8 nitrogen and oxygen atoms in total. The van der Waals surface area contributed by atoms with Crippen molar-refractivity contribution < 1.29 is 19.8 Å². The van der Waals surface area contributed by atoms with E-state index >= 15 is 0 Å². The van der Waals surface area contributed by atoms with Crippen LogP contribution in [0, 0.1) is 28.6 Å². The largest absolute Gasteiger partial charge is 0.481 e. The van der Waals surface area contributed by atoms with Gasteiger partial charge in [0.15, 0.2) is 0 Å². The Bertz CT molecular complexity index is 975. The number of amides is 1. The molecule has 2 N–H and O–H groups in total. The third-order valence-electron chi connectivity index (χ3n) is 6.01. The average molecular weight is 412 g/mol. The molecule has 0 spiro atoms. The topological polar surface area (TPSA) is 119 Å². The normalized spacial score (nSPS) is 19.4. The third kappa shape index (κ3) is 4.90. The number of aliphatic carboxylic acids is 1. The number of nitrogens with zero attached hydrogens (tertiary/aromatic N) is 4. The lowest BCUT2D eigenvalue weighted by molar-refractivity contribution is -0.147. The Morgan fingerprint density at radius 3 is 2.70 bits per heavy atom. The molecule has 0 bridgehead atoms. The van der Waals surface area contributed by atoms with E-state index in [1.165, 1.54) is 4.90 Å². The van der Waals surface area contributed by atoms with Gasteiger partial charge in [-0.05, 0) is 63.1 Å². The molecule has 1 aromatic carbocycles. The van der Waals surface area contributed by atoms with Crippen LogP contribution in [0.3, 0.4) is 0 Å². The number of rotatable bonds is 7. The van der Waals surface area contributed by atoms with Crippen LogP contribution >= 0.6 is 0 Å². The van der Waals surface area contributed by atoms with Gasteiger partial charge in [-0.3, -0.25) is 4.79 Å². The molecule has 1 saturated carbocycles. The zero-order valence-corrected chi connectivity index (χ0v) is 17.4. The minimum absolute atomic E-state index is 0.0259. The van der Waals surface area contributed by atoms with Gasteiger partial charge in [0.1, 0.15) is 0 Å². The van der Waals surface area contributed by atoms with E-state index in [2.05, 4.69) is 15.6 Å². The highest BCUT2D eigenvalue weighted by molar-refractivity contribution is 5.77. The van der Waals surface area contributed by atoms with Gasteiger partial charge in [-0.2, -0.15) is 5.26 Å². The van der Waals surface area contributed by atoms with Crippen LogP contribution in [0.1, 0.15) is 45.1 Å². The van der Waals surface area contributed by atoms with Crippen molar-refractivity contribution >= 4 is 23.1 Å². The smallest absolute Gasteiger partial charge is 0.407 e. The predicted molar refractivity (Wildman–Crippen MR) is 111 cm³/mol. The maximum absolute atomic E-state index is 11.7. The minimum Gasteiger partial charge on any atom is -0.481 e. The number of carboxylic acids is 1. The lowest BCUT2D eigenvalue weighted by atomic mass is 9.80. The Hall–Kier alpha value is -3.08. The van der Waals surface area contributed by atoms with Gasteiger partial charge < -0.3 is 19.7 Å². The molecule has 1 aliphatic carbocycles. The fourth-order valence-corrected chi connectivity index (χ4v) is 4.35. The molecule has 0 saturated heterocycles. The van der Waals surface area contributed by atoms with E-state index in [0.717, 1.165) is 43.3 Å². The zero-order chi connectivity index (χ0) is 21.9. The number of fused-ring (bicyclic) bond motifs is 1. The summed E-state index contributed by atoms with van der Waals surface area (Å²) in [5.41, 5.74) is 1.27. The first-order chi connectivity index (χ1) is 14.2. The Morgan fingerprint density at radius 1 is 1.30 bits per heavy atom. The molecule has 2 atom stereocenters. The third-order valence-corrected chi connectivity index (χ3v) is 6.01. The van der Waals surface area contributed by atoms with Crippen LogP contribution in [0.5, 0.6) is 0 Å². The SMILES string of the molecule is CC(C)(CN(CC1CCCC(Cn2cnc3ccc(C#N)cc32)C1)C(=O)O)C(=O)O. The molecule has 0 aliphatic heterocycles. The summed E-state index contributed by atoms with van der Waals surface area (Å²) in [5.74, 6) is -0.414. The molecular weight excluding hydrogens is 384 g/mol. The Kier molecular flexibility index (Phi) is 6.30. The summed E-state index contributed by atoms with van der Waals surface area (Å²) in [6.07, 6.45) is 4.62. The van der Waals surface area contributed by atoms with E-state index in [9.17, 15) is 19.8 Å². The van der Waals surface area contributed by atoms with Crippen LogP contribution in [-0.2, 0) is 11.3 Å². The second-order valence-corrected chi connectivity index (χ2v) is 8.96. The van der Waals surface area contributed by atoms with Crippen molar-refractivity contribution in [3.8, 4) is 6.07 Å². The Morgan fingerprint density at radius 2 is 2.03 bits per heavy atom. The molecule has 1 amide bonds. The van der Waals surface area contributed by atoms with E-state index in [1.807, 2.05) is 12.1 Å². The molecule has 1 aromatic heterocycles. The minimum atomic E-state index is -1.12. The molecule has 1 fully saturated rings. The number of hydrogen-bond acceptors (Lipinski definition) is 4. The first-order valence-corrected chi connectivity index (χ1v) is 10.3. The molecule has 8 heteroatoms. The molecule has 2 aromatic rings. The summed E-state index contributed by atoms with van der Waals surface area (Å²) in [6, 6.07) is 7.62. The molecular formula is C22H28N4O4. The quantitative estimate of drug-likeness (QED) is 0.714. The summed E-state index contributed by atoms with van der Waals surface area (Å²) >= 11 is 0. The second kappa shape index (κ2) is 8.74. The maximum Gasteiger partial charge on any atom is 0.407 e. The fourth-order valence-electron chi connectivity index (χ4n) is 4.35. The van der Waals surface area contributed by atoms with Crippen molar-refractivity contribution in [2.24, 2.45) is 17.3 Å². The van der Waals surface area contributed by atoms with Crippen molar-refractivity contribution in [2.75, 3.05) is 13.1 Å². The maximum atomic E-state index is 11.7. The van der Waals surface area contributed by atoms with E-state index in [4.69, 9.17) is 5.26 Å². The van der Waals surface area contributed by atoms with Crippen LogP contribution < -0.4 is 0 Å². The highest BCUT2D eigenvalue weighted by Gasteiger charge is 2.34. The van der Waals surface area contributed by atoms with Crippen LogP contribution in [-0.4, -0.2) is 49.8 Å². The van der Waals surface area contributed by atoms with Gasteiger partial charge in [-0.1, -0.05) is 6.42 Å². The number of nitriles is 1. The standard InChI is InChI=1S/C22H28N4O4/c1-22(2,20(27)28)13-25(21(29)30)11-16-4-3-5-17(8-16)12-26-14-24-18-7-6-15(10-23)9-19(18)26/h6-7,9,14,16-17H,3-5,8,11-13H2,1-2H3,(H,27,28)(H,29,30). The van der Waals surface area contributed by atoms with E-state index < -0.39 is 17.5 Å². The summed E-state index contributed by atoms with van der Waals surface area (Å²) < 4.78 is 2.08. The van der Waals surface area contributed by atoms with Crippen molar-refractivity contribution in [1.82, 2.24) is 14.5 Å².